The van der Waals surface area contributed by atoms with Crippen molar-refractivity contribution in [2.75, 3.05) is 6.61 Å². The first-order valence-electron chi connectivity index (χ1n) is 5.11. The first kappa shape index (κ1) is 8.48. The fourth-order valence-corrected chi connectivity index (χ4v) is 1.98. The Kier molecular flexibility index (Phi) is 1.91. The van der Waals surface area contributed by atoms with Crippen molar-refractivity contribution >= 4 is 0 Å². The van der Waals surface area contributed by atoms with Crippen LogP contribution in [-0.2, 0) is 6.42 Å². The van der Waals surface area contributed by atoms with Crippen LogP contribution in [0.25, 0.3) is 11.3 Å². The number of hydrogen-bond acceptors (Lipinski definition) is 2. The number of nitrogens with zero attached hydrogens (tertiary/aromatic N) is 1. The Morgan fingerprint density at radius 2 is 2.07 bits per heavy atom. The van der Waals surface area contributed by atoms with Gasteiger partial charge in [-0.3, -0.25) is 4.98 Å². The van der Waals surface area contributed by atoms with E-state index in [1.807, 2.05) is 36.5 Å². The summed E-state index contributed by atoms with van der Waals surface area (Å²) >= 11 is 0. The van der Waals surface area contributed by atoms with Crippen LogP contribution < -0.4 is 4.74 Å². The van der Waals surface area contributed by atoms with Crippen LogP contribution in [0.1, 0.15) is 5.56 Å². The van der Waals surface area contributed by atoms with Gasteiger partial charge >= 0.3 is 0 Å². The Bertz CT molecular complexity index is 479. The summed E-state index contributed by atoms with van der Waals surface area (Å²) in [5, 5.41) is 0. The van der Waals surface area contributed by atoms with Gasteiger partial charge in [-0.05, 0) is 18.2 Å². The summed E-state index contributed by atoms with van der Waals surface area (Å²) < 4.78 is 5.53. The lowest BCUT2D eigenvalue weighted by molar-refractivity contribution is 0.357. The maximum absolute atomic E-state index is 5.53. The lowest BCUT2D eigenvalue weighted by Gasteiger charge is -2.05. The van der Waals surface area contributed by atoms with Crippen molar-refractivity contribution in [1.82, 2.24) is 4.98 Å². The molecule has 0 amide bonds. The van der Waals surface area contributed by atoms with Crippen molar-refractivity contribution in [1.29, 1.82) is 0 Å². The fourth-order valence-electron chi connectivity index (χ4n) is 1.98. The van der Waals surface area contributed by atoms with E-state index < -0.39 is 0 Å². The van der Waals surface area contributed by atoms with Gasteiger partial charge in [0.2, 0.25) is 0 Å². The molecule has 0 radical (unpaired) electrons. The predicted octanol–water partition coefficient (Wildman–Crippen LogP) is 2.68. The van der Waals surface area contributed by atoms with E-state index >= 15 is 0 Å². The predicted molar refractivity (Wildman–Crippen MR) is 58.9 cm³/mol. The molecular weight excluding hydrogens is 186 g/mol. The van der Waals surface area contributed by atoms with Gasteiger partial charge < -0.3 is 4.74 Å². The topological polar surface area (TPSA) is 22.1 Å². The van der Waals surface area contributed by atoms with Gasteiger partial charge in [-0.25, -0.2) is 0 Å². The highest BCUT2D eigenvalue weighted by Crippen LogP contribution is 2.33. The first-order valence-corrected chi connectivity index (χ1v) is 5.11. The normalized spacial score (nSPS) is 13.3. The molecule has 0 spiro atoms. The molecule has 74 valence electrons. The minimum absolute atomic E-state index is 0.791. The molecule has 0 fully saturated rings. The molecule has 0 bridgehead atoms. The van der Waals surface area contributed by atoms with E-state index in [9.17, 15) is 0 Å². The number of aromatic nitrogens is 1. The molecule has 2 heteroatoms. The highest BCUT2D eigenvalue weighted by molar-refractivity contribution is 5.67. The first-order chi connectivity index (χ1) is 7.45. The van der Waals surface area contributed by atoms with Crippen molar-refractivity contribution in [3.63, 3.8) is 0 Å². The van der Waals surface area contributed by atoms with Crippen LogP contribution in [0.15, 0.2) is 42.6 Å². The number of pyridine rings is 1. The van der Waals surface area contributed by atoms with Gasteiger partial charge in [0, 0.05) is 23.7 Å². The lowest BCUT2D eigenvalue weighted by atomic mass is 10.0. The van der Waals surface area contributed by atoms with Gasteiger partial charge in [0.15, 0.2) is 0 Å². The molecule has 0 atom stereocenters. The second-order valence-electron chi connectivity index (χ2n) is 3.60. The van der Waals surface area contributed by atoms with E-state index in [2.05, 4.69) is 11.1 Å². The second-order valence-corrected chi connectivity index (χ2v) is 3.60. The third kappa shape index (κ3) is 1.38. The molecule has 2 nitrogen and oxygen atoms in total. The minimum atomic E-state index is 0.791. The quantitative estimate of drug-likeness (QED) is 0.701. The van der Waals surface area contributed by atoms with E-state index in [0.29, 0.717) is 0 Å². The van der Waals surface area contributed by atoms with Gasteiger partial charge in [-0.1, -0.05) is 18.2 Å². The molecule has 15 heavy (non-hydrogen) atoms. The second kappa shape index (κ2) is 3.39. The van der Waals surface area contributed by atoms with Gasteiger partial charge in [0.1, 0.15) is 5.75 Å². The third-order valence-electron chi connectivity index (χ3n) is 2.68. The smallest absolute Gasteiger partial charge is 0.123 e. The lowest BCUT2D eigenvalue weighted by Crippen LogP contribution is -1.88. The summed E-state index contributed by atoms with van der Waals surface area (Å²) in [7, 11) is 0. The van der Waals surface area contributed by atoms with E-state index in [-0.39, 0.29) is 0 Å². The SMILES string of the molecule is c1ccc(-c2cccc3c2CCO3)nc1. The molecule has 3 rings (SSSR count). The van der Waals surface area contributed by atoms with Crippen LogP contribution in [0.3, 0.4) is 0 Å². The molecule has 0 saturated carbocycles. The van der Waals surface area contributed by atoms with Crippen molar-refractivity contribution < 1.29 is 4.74 Å². The van der Waals surface area contributed by atoms with E-state index in [1.54, 1.807) is 0 Å². The zero-order chi connectivity index (χ0) is 10.1. The summed E-state index contributed by atoms with van der Waals surface area (Å²) in [5.41, 5.74) is 3.52. The van der Waals surface area contributed by atoms with Gasteiger partial charge in [0.05, 0.1) is 12.3 Å². The molecule has 0 saturated heterocycles. The highest BCUT2D eigenvalue weighted by Gasteiger charge is 2.16. The number of ether oxygens (including phenoxy) is 1. The maximum atomic E-state index is 5.53. The van der Waals surface area contributed by atoms with Crippen LogP contribution in [0.2, 0.25) is 0 Å². The van der Waals surface area contributed by atoms with Gasteiger partial charge in [0.25, 0.3) is 0 Å². The summed E-state index contributed by atoms with van der Waals surface area (Å²) in [4.78, 5) is 4.37. The van der Waals surface area contributed by atoms with Crippen LogP contribution in [0, 0.1) is 0 Å². The molecule has 1 aromatic carbocycles. The molecular formula is C13H11NO. The standard InChI is InChI=1S/C13H11NO/c1-2-8-14-12(5-1)10-4-3-6-13-11(10)7-9-15-13/h1-6,8H,7,9H2. The maximum Gasteiger partial charge on any atom is 0.123 e. The number of fused-ring (bicyclic) bond motifs is 1. The molecule has 0 aliphatic carbocycles. The number of benzene rings is 1. The molecule has 2 heterocycles. The Labute approximate surface area is 88.5 Å². The molecule has 0 unspecified atom stereocenters. The Morgan fingerprint density at radius 1 is 1.07 bits per heavy atom. The monoisotopic (exact) mass is 197 g/mol. The molecule has 2 aromatic rings. The average Bonchev–Trinajstić information content (AvgIpc) is 2.78. The summed E-state index contributed by atoms with van der Waals surface area (Å²) in [6.07, 6.45) is 2.81. The summed E-state index contributed by atoms with van der Waals surface area (Å²) in [5.74, 6) is 1.01. The Morgan fingerprint density at radius 3 is 2.93 bits per heavy atom. The number of rotatable bonds is 1. The third-order valence-corrected chi connectivity index (χ3v) is 2.68. The van der Waals surface area contributed by atoms with E-state index in [4.69, 9.17) is 4.74 Å². The zero-order valence-electron chi connectivity index (χ0n) is 8.31. The van der Waals surface area contributed by atoms with Crippen molar-refractivity contribution in [2.24, 2.45) is 0 Å². The zero-order valence-corrected chi connectivity index (χ0v) is 8.31. The van der Waals surface area contributed by atoms with E-state index in [0.717, 1.165) is 24.5 Å². The van der Waals surface area contributed by atoms with Crippen LogP contribution in [0.4, 0.5) is 0 Å². The van der Waals surface area contributed by atoms with Gasteiger partial charge in [-0.2, -0.15) is 0 Å². The number of hydrogen-bond donors (Lipinski definition) is 0. The fraction of sp³-hybridized carbons (Fsp3) is 0.154. The van der Waals surface area contributed by atoms with Crippen molar-refractivity contribution in [3.05, 3.63) is 48.2 Å². The largest absolute Gasteiger partial charge is 0.493 e. The Hall–Kier alpha value is -1.83. The van der Waals surface area contributed by atoms with Gasteiger partial charge in [-0.15, -0.1) is 0 Å². The molecule has 0 N–H and O–H groups in total. The minimum Gasteiger partial charge on any atom is -0.493 e. The average molecular weight is 197 g/mol. The molecule has 1 aliphatic rings. The van der Waals surface area contributed by atoms with Crippen LogP contribution >= 0.6 is 0 Å². The summed E-state index contributed by atoms with van der Waals surface area (Å²) in [6.45, 7) is 0.791. The van der Waals surface area contributed by atoms with Crippen LogP contribution in [0.5, 0.6) is 5.75 Å². The highest BCUT2D eigenvalue weighted by atomic mass is 16.5. The molecule has 1 aliphatic heterocycles. The van der Waals surface area contributed by atoms with Crippen molar-refractivity contribution in [3.8, 4) is 17.0 Å². The Balaban J connectivity index is 2.17. The van der Waals surface area contributed by atoms with Crippen molar-refractivity contribution in [2.45, 2.75) is 6.42 Å². The molecule has 1 aromatic heterocycles. The van der Waals surface area contributed by atoms with E-state index in [1.165, 1.54) is 11.1 Å². The van der Waals surface area contributed by atoms with Crippen LogP contribution in [-0.4, -0.2) is 11.6 Å². The summed E-state index contributed by atoms with van der Waals surface area (Å²) in [6, 6.07) is 12.1.